The Kier molecular flexibility index (Phi) is 6.22. The lowest BCUT2D eigenvalue weighted by Gasteiger charge is -2.19. The number of methoxy groups -OCH3 is 1. The van der Waals surface area contributed by atoms with E-state index in [1.807, 2.05) is 17.7 Å². The molecule has 4 rings (SSSR count). The molecule has 2 aromatic carbocycles. The van der Waals surface area contributed by atoms with Gasteiger partial charge in [0, 0.05) is 26.7 Å². The monoisotopic (exact) mass is 427 g/mol. The average Bonchev–Trinajstić information content (AvgIpc) is 3.43. The number of benzene rings is 2. The maximum Gasteiger partial charge on any atom is 0.227 e. The van der Waals surface area contributed by atoms with E-state index in [0.717, 1.165) is 25.1 Å². The molecule has 7 heteroatoms. The Morgan fingerprint density at radius 3 is 2.67 bits per heavy atom. The molecule has 6 nitrogen and oxygen atoms in total. The minimum absolute atomic E-state index is 0.181. The van der Waals surface area contributed by atoms with Crippen LogP contribution in [0.15, 0.2) is 53.8 Å². The zero-order chi connectivity index (χ0) is 21.1. The highest BCUT2D eigenvalue weighted by atomic mass is 32.2. The van der Waals surface area contributed by atoms with E-state index in [4.69, 9.17) is 4.74 Å². The van der Waals surface area contributed by atoms with Crippen LogP contribution in [0.5, 0.6) is 0 Å². The molecule has 1 saturated carbocycles. The largest absolute Gasteiger partial charge is 0.383 e. The first-order valence-corrected chi connectivity index (χ1v) is 12.0. The topological polar surface area (TPSA) is 64.4 Å². The molecule has 0 bridgehead atoms. The second kappa shape index (κ2) is 8.88. The van der Waals surface area contributed by atoms with Gasteiger partial charge in [-0.1, -0.05) is 42.5 Å². The number of hydrogen-bond donors (Lipinski definition) is 0. The molecule has 1 heterocycles. The first kappa shape index (κ1) is 21.0. The van der Waals surface area contributed by atoms with Gasteiger partial charge >= 0.3 is 0 Å². The van der Waals surface area contributed by atoms with Gasteiger partial charge in [-0.2, -0.15) is 0 Å². The summed E-state index contributed by atoms with van der Waals surface area (Å²) >= 11 is 0. The molecule has 3 aromatic rings. The van der Waals surface area contributed by atoms with E-state index in [0.29, 0.717) is 25.6 Å². The number of rotatable bonds is 10. The van der Waals surface area contributed by atoms with Crippen molar-refractivity contribution in [2.45, 2.75) is 37.6 Å². The molecule has 1 aromatic heterocycles. The number of ether oxygens (including phenoxy) is 1. The maximum absolute atomic E-state index is 12.9. The molecule has 30 heavy (non-hydrogen) atoms. The molecule has 0 atom stereocenters. The van der Waals surface area contributed by atoms with Crippen LogP contribution in [0.3, 0.4) is 0 Å². The van der Waals surface area contributed by atoms with Crippen molar-refractivity contribution in [3.8, 4) is 0 Å². The molecule has 0 aliphatic heterocycles. The van der Waals surface area contributed by atoms with Crippen molar-refractivity contribution in [1.82, 2.24) is 14.5 Å². The standard InChI is InChI=1S/C23H29N3O3S/c1-25(15-20-8-5-7-19-6-3-4-9-22(19)20)16-21-14-24-23(26(21)12-13-29-2)30(27,28)17-18-10-11-18/h3-9,14,18H,10-13,15-17H2,1-2H3. The summed E-state index contributed by atoms with van der Waals surface area (Å²) in [5.74, 6) is 0.488. The molecular formula is C23H29N3O3S. The van der Waals surface area contributed by atoms with Gasteiger partial charge in [-0.25, -0.2) is 13.4 Å². The fourth-order valence-electron chi connectivity index (χ4n) is 3.91. The molecule has 0 unspecified atom stereocenters. The van der Waals surface area contributed by atoms with Crippen molar-refractivity contribution < 1.29 is 13.2 Å². The van der Waals surface area contributed by atoms with Crippen molar-refractivity contribution in [3.63, 3.8) is 0 Å². The Morgan fingerprint density at radius 2 is 1.90 bits per heavy atom. The van der Waals surface area contributed by atoms with Crippen molar-refractivity contribution in [3.05, 3.63) is 59.9 Å². The van der Waals surface area contributed by atoms with Crippen LogP contribution in [0.4, 0.5) is 0 Å². The summed E-state index contributed by atoms with van der Waals surface area (Å²) in [5.41, 5.74) is 2.14. The third kappa shape index (κ3) is 4.74. The summed E-state index contributed by atoms with van der Waals surface area (Å²) in [6, 6.07) is 14.7. The lowest BCUT2D eigenvalue weighted by atomic mass is 10.0. The average molecular weight is 428 g/mol. The van der Waals surface area contributed by atoms with Crippen LogP contribution < -0.4 is 0 Å². The molecule has 160 valence electrons. The zero-order valence-corrected chi connectivity index (χ0v) is 18.4. The lowest BCUT2D eigenvalue weighted by molar-refractivity contribution is 0.182. The number of fused-ring (bicyclic) bond motifs is 1. The van der Waals surface area contributed by atoms with Gasteiger partial charge in [-0.3, -0.25) is 4.90 Å². The predicted octanol–water partition coefficient (Wildman–Crippen LogP) is 3.50. The highest BCUT2D eigenvalue weighted by Gasteiger charge is 2.32. The fourth-order valence-corrected chi connectivity index (χ4v) is 5.77. The van der Waals surface area contributed by atoms with Crippen LogP contribution in [-0.4, -0.2) is 49.4 Å². The van der Waals surface area contributed by atoms with Gasteiger partial charge in [0.25, 0.3) is 0 Å². The first-order chi connectivity index (χ1) is 14.5. The minimum atomic E-state index is -3.38. The third-order valence-corrected chi connectivity index (χ3v) is 7.40. The van der Waals surface area contributed by atoms with Gasteiger partial charge in [-0.15, -0.1) is 0 Å². The smallest absolute Gasteiger partial charge is 0.227 e. The van der Waals surface area contributed by atoms with Crippen molar-refractivity contribution in [2.24, 2.45) is 5.92 Å². The molecule has 1 aliphatic carbocycles. The summed E-state index contributed by atoms with van der Waals surface area (Å²) in [4.78, 5) is 6.52. The number of imidazole rings is 1. The van der Waals surface area contributed by atoms with Crippen LogP contribution in [-0.2, 0) is 34.2 Å². The fraction of sp³-hybridized carbons (Fsp3) is 0.435. The van der Waals surface area contributed by atoms with E-state index in [1.54, 1.807) is 13.3 Å². The number of nitrogens with zero attached hydrogens (tertiary/aromatic N) is 3. The molecular weight excluding hydrogens is 398 g/mol. The maximum atomic E-state index is 12.9. The Balaban J connectivity index is 1.55. The minimum Gasteiger partial charge on any atom is -0.383 e. The van der Waals surface area contributed by atoms with Gasteiger partial charge in [0.05, 0.1) is 24.3 Å². The zero-order valence-electron chi connectivity index (χ0n) is 17.6. The molecule has 0 spiro atoms. The normalized spacial score (nSPS) is 14.6. The van der Waals surface area contributed by atoms with Crippen LogP contribution in [0.2, 0.25) is 0 Å². The van der Waals surface area contributed by atoms with E-state index in [1.165, 1.54) is 16.3 Å². The molecule has 0 amide bonds. The molecule has 1 aliphatic rings. The summed E-state index contributed by atoms with van der Waals surface area (Å²) in [6.45, 7) is 2.30. The molecule has 0 saturated heterocycles. The van der Waals surface area contributed by atoms with Crippen molar-refractivity contribution >= 4 is 20.6 Å². The van der Waals surface area contributed by atoms with Crippen LogP contribution in [0.1, 0.15) is 24.1 Å². The van der Waals surface area contributed by atoms with Gasteiger partial charge in [-0.05, 0) is 42.1 Å². The molecule has 0 N–H and O–H groups in total. The number of hydrogen-bond acceptors (Lipinski definition) is 5. The van der Waals surface area contributed by atoms with E-state index >= 15 is 0 Å². The molecule has 0 radical (unpaired) electrons. The highest BCUT2D eigenvalue weighted by Crippen LogP contribution is 2.32. The van der Waals surface area contributed by atoms with Crippen molar-refractivity contribution in [1.29, 1.82) is 0 Å². The third-order valence-electron chi connectivity index (χ3n) is 5.60. The van der Waals surface area contributed by atoms with Crippen LogP contribution in [0, 0.1) is 5.92 Å². The van der Waals surface area contributed by atoms with Gasteiger partial charge in [0.15, 0.2) is 0 Å². The number of sulfone groups is 1. The predicted molar refractivity (Wildman–Crippen MR) is 118 cm³/mol. The molecule has 1 fully saturated rings. The van der Waals surface area contributed by atoms with Crippen LogP contribution in [0.25, 0.3) is 10.8 Å². The van der Waals surface area contributed by atoms with Gasteiger partial charge in [0.2, 0.25) is 15.0 Å². The van der Waals surface area contributed by atoms with Crippen LogP contribution >= 0.6 is 0 Å². The SMILES string of the molecule is COCCn1c(CN(C)Cc2cccc3ccccc23)cnc1S(=O)(=O)CC1CC1. The quantitative estimate of drug-likeness (QED) is 0.496. The van der Waals surface area contributed by atoms with E-state index < -0.39 is 9.84 Å². The Hall–Kier alpha value is -2.22. The second-order valence-corrected chi connectivity index (χ2v) is 10.1. The van der Waals surface area contributed by atoms with Gasteiger partial charge < -0.3 is 9.30 Å². The summed E-state index contributed by atoms with van der Waals surface area (Å²) < 4.78 is 32.8. The number of aromatic nitrogens is 2. The Bertz CT molecular complexity index is 1110. The first-order valence-electron chi connectivity index (χ1n) is 10.4. The Labute approximate surface area is 178 Å². The summed E-state index contributed by atoms with van der Waals surface area (Å²) in [7, 11) is 0.293. The second-order valence-electron chi connectivity index (χ2n) is 8.21. The van der Waals surface area contributed by atoms with E-state index in [2.05, 4.69) is 46.3 Å². The summed E-state index contributed by atoms with van der Waals surface area (Å²) in [5, 5.41) is 2.65. The van der Waals surface area contributed by atoms with E-state index in [9.17, 15) is 8.42 Å². The van der Waals surface area contributed by atoms with Crippen molar-refractivity contribution in [2.75, 3.05) is 26.5 Å². The Morgan fingerprint density at radius 1 is 1.13 bits per heavy atom. The van der Waals surface area contributed by atoms with Gasteiger partial charge in [0.1, 0.15) is 0 Å². The highest BCUT2D eigenvalue weighted by molar-refractivity contribution is 7.91. The van der Waals surface area contributed by atoms with E-state index in [-0.39, 0.29) is 10.9 Å². The summed E-state index contributed by atoms with van der Waals surface area (Å²) in [6.07, 6.45) is 3.70. The lowest BCUT2D eigenvalue weighted by Crippen LogP contribution is -2.23.